The molecule has 0 radical (unpaired) electrons. The zero-order valence-corrected chi connectivity index (χ0v) is 13.9. The number of carbonyl (C=O) groups excluding carboxylic acids is 1. The molecule has 1 atom stereocenters. The maximum Gasteiger partial charge on any atom is 0.227 e. The minimum Gasteiger partial charge on any atom is -0.495 e. The first-order chi connectivity index (χ1) is 9.56. The Hall–Kier alpha value is -1.24. The molecule has 0 spiro atoms. The Balaban J connectivity index is 2.27. The molecule has 1 heterocycles. The van der Waals surface area contributed by atoms with E-state index in [1.807, 2.05) is 12.1 Å². The molecule has 0 N–H and O–H groups in total. The molecule has 1 aromatic rings. The number of hydrogen-bond acceptors (Lipinski definition) is 3. The molecule has 1 fully saturated rings. The molecule has 0 aliphatic carbocycles. The van der Waals surface area contributed by atoms with Crippen LogP contribution < -0.4 is 9.64 Å². The molecule has 0 bridgehead atoms. The SMILES string of the molecule is COc1cc(N2CC(CN=[N+]=[N-])CC2=O)c(Br)cc1Br. The average Bonchev–Trinajstić information content (AvgIpc) is 2.78. The van der Waals surface area contributed by atoms with Crippen LogP contribution in [0.15, 0.2) is 26.2 Å². The van der Waals surface area contributed by atoms with Gasteiger partial charge in [-0.15, -0.1) is 0 Å². The van der Waals surface area contributed by atoms with Gasteiger partial charge in [0.1, 0.15) is 5.75 Å². The number of benzene rings is 1. The summed E-state index contributed by atoms with van der Waals surface area (Å²) in [5.41, 5.74) is 9.11. The van der Waals surface area contributed by atoms with Gasteiger partial charge in [0.05, 0.1) is 17.3 Å². The fraction of sp³-hybridized carbons (Fsp3) is 0.417. The van der Waals surface area contributed by atoms with Gasteiger partial charge in [-0.05, 0) is 49.4 Å². The van der Waals surface area contributed by atoms with E-state index in [1.54, 1.807) is 12.0 Å². The van der Waals surface area contributed by atoms with Crippen molar-refractivity contribution in [2.75, 3.05) is 25.1 Å². The second-order valence-electron chi connectivity index (χ2n) is 4.43. The number of anilines is 1. The normalized spacial score (nSPS) is 18.1. The number of rotatable bonds is 4. The second kappa shape index (κ2) is 6.47. The number of nitrogens with zero attached hydrogens (tertiary/aromatic N) is 4. The first-order valence-corrected chi connectivity index (χ1v) is 7.49. The van der Waals surface area contributed by atoms with Crippen LogP contribution >= 0.6 is 31.9 Å². The van der Waals surface area contributed by atoms with Gasteiger partial charge in [0.25, 0.3) is 0 Å². The first kappa shape index (κ1) is 15.2. The van der Waals surface area contributed by atoms with E-state index >= 15 is 0 Å². The predicted octanol–water partition coefficient (Wildman–Crippen LogP) is 3.88. The van der Waals surface area contributed by atoms with Crippen molar-refractivity contribution >= 4 is 43.5 Å². The minimum absolute atomic E-state index is 0.0215. The Morgan fingerprint density at radius 1 is 1.50 bits per heavy atom. The molecule has 1 aliphatic rings. The molecule has 20 heavy (non-hydrogen) atoms. The topological polar surface area (TPSA) is 78.3 Å². The molecule has 106 valence electrons. The Morgan fingerprint density at radius 2 is 2.25 bits per heavy atom. The molecular weight excluding hydrogens is 392 g/mol. The highest BCUT2D eigenvalue weighted by Gasteiger charge is 2.31. The molecular formula is C12H12Br2N4O2. The molecule has 2 rings (SSSR count). The Bertz CT molecular complexity index is 587. The number of azide groups is 1. The third-order valence-electron chi connectivity index (χ3n) is 3.12. The van der Waals surface area contributed by atoms with Gasteiger partial charge in [-0.3, -0.25) is 4.79 Å². The lowest BCUT2D eigenvalue weighted by molar-refractivity contribution is -0.117. The quantitative estimate of drug-likeness (QED) is 0.434. The Labute approximate surface area is 133 Å². The zero-order chi connectivity index (χ0) is 14.7. The van der Waals surface area contributed by atoms with Crippen LogP contribution in [0.5, 0.6) is 5.75 Å². The van der Waals surface area contributed by atoms with E-state index in [2.05, 4.69) is 41.9 Å². The van der Waals surface area contributed by atoms with Crippen LogP contribution in [0.4, 0.5) is 5.69 Å². The predicted molar refractivity (Wildman–Crippen MR) is 82.9 cm³/mol. The number of amides is 1. The number of ether oxygens (including phenoxy) is 1. The van der Waals surface area contributed by atoms with Crippen molar-refractivity contribution in [1.82, 2.24) is 0 Å². The van der Waals surface area contributed by atoms with E-state index in [0.29, 0.717) is 25.3 Å². The van der Waals surface area contributed by atoms with Gasteiger partial charge in [0.2, 0.25) is 5.91 Å². The lowest BCUT2D eigenvalue weighted by Gasteiger charge is -2.19. The lowest BCUT2D eigenvalue weighted by Crippen LogP contribution is -2.25. The summed E-state index contributed by atoms with van der Waals surface area (Å²) in [6, 6.07) is 3.66. The van der Waals surface area contributed by atoms with Crippen molar-refractivity contribution in [2.24, 2.45) is 11.0 Å². The lowest BCUT2D eigenvalue weighted by atomic mass is 10.1. The van der Waals surface area contributed by atoms with Crippen molar-refractivity contribution < 1.29 is 9.53 Å². The summed E-state index contributed by atoms with van der Waals surface area (Å²) in [7, 11) is 1.58. The van der Waals surface area contributed by atoms with Crippen LogP contribution in [0.25, 0.3) is 10.4 Å². The molecule has 8 heteroatoms. The number of hydrogen-bond donors (Lipinski definition) is 0. The van der Waals surface area contributed by atoms with Gasteiger partial charge >= 0.3 is 0 Å². The van der Waals surface area contributed by atoms with Crippen LogP contribution in [0.1, 0.15) is 6.42 Å². The summed E-state index contributed by atoms with van der Waals surface area (Å²) in [5, 5.41) is 3.54. The van der Waals surface area contributed by atoms with E-state index in [0.717, 1.165) is 14.6 Å². The van der Waals surface area contributed by atoms with E-state index in [4.69, 9.17) is 10.3 Å². The smallest absolute Gasteiger partial charge is 0.227 e. The average molecular weight is 404 g/mol. The van der Waals surface area contributed by atoms with E-state index in [-0.39, 0.29) is 11.8 Å². The van der Waals surface area contributed by atoms with Crippen molar-refractivity contribution in [2.45, 2.75) is 6.42 Å². The van der Waals surface area contributed by atoms with Crippen molar-refractivity contribution in [3.05, 3.63) is 31.5 Å². The van der Waals surface area contributed by atoms with Gasteiger partial charge in [0, 0.05) is 35.0 Å². The Kier molecular flexibility index (Phi) is 4.91. The number of carbonyl (C=O) groups is 1. The maximum absolute atomic E-state index is 12.1. The Morgan fingerprint density at radius 3 is 2.90 bits per heavy atom. The molecule has 1 saturated heterocycles. The fourth-order valence-electron chi connectivity index (χ4n) is 2.17. The monoisotopic (exact) mass is 402 g/mol. The molecule has 0 aromatic heterocycles. The summed E-state index contributed by atoms with van der Waals surface area (Å²) in [6.45, 7) is 0.880. The van der Waals surface area contributed by atoms with Crippen molar-refractivity contribution in [3.63, 3.8) is 0 Å². The maximum atomic E-state index is 12.1. The second-order valence-corrected chi connectivity index (χ2v) is 6.13. The van der Waals surface area contributed by atoms with Crippen LogP contribution in [-0.4, -0.2) is 26.1 Å². The summed E-state index contributed by atoms with van der Waals surface area (Å²) in [6.07, 6.45) is 0.393. The van der Waals surface area contributed by atoms with E-state index in [9.17, 15) is 4.79 Å². The highest BCUT2D eigenvalue weighted by molar-refractivity contribution is 9.11. The summed E-state index contributed by atoms with van der Waals surface area (Å²) in [4.78, 5) is 16.5. The fourth-order valence-corrected chi connectivity index (χ4v) is 3.54. The number of halogens is 2. The van der Waals surface area contributed by atoms with Gasteiger partial charge in [-0.2, -0.15) is 0 Å². The van der Waals surface area contributed by atoms with Crippen LogP contribution in [0.3, 0.4) is 0 Å². The largest absolute Gasteiger partial charge is 0.495 e. The molecule has 1 unspecified atom stereocenters. The summed E-state index contributed by atoms with van der Waals surface area (Å²) in [5.74, 6) is 0.739. The van der Waals surface area contributed by atoms with Crippen LogP contribution in [-0.2, 0) is 4.79 Å². The zero-order valence-electron chi connectivity index (χ0n) is 10.7. The molecule has 1 amide bonds. The standard InChI is InChI=1S/C12H12Br2N4O2/c1-20-11-4-10(8(13)3-9(11)14)18-6-7(2-12(18)19)5-16-17-15/h3-4,7H,2,5-6H2,1H3. The highest BCUT2D eigenvalue weighted by atomic mass is 79.9. The summed E-state index contributed by atoms with van der Waals surface area (Å²) >= 11 is 6.86. The molecule has 0 saturated carbocycles. The molecule has 6 nitrogen and oxygen atoms in total. The highest BCUT2D eigenvalue weighted by Crippen LogP contribution is 2.38. The van der Waals surface area contributed by atoms with Gasteiger partial charge in [0.15, 0.2) is 0 Å². The minimum atomic E-state index is 0.0215. The molecule has 1 aromatic carbocycles. The van der Waals surface area contributed by atoms with Gasteiger partial charge < -0.3 is 9.64 Å². The van der Waals surface area contributed by atoms with Crippen molar-refractivity contribution in [1.29, 1.82) is 0 Å². The van der Waals surface area contributed by atoms with Crippen LogP contribution in [0.2, 0.25) is 0 Å². The molecule has 1 aliphatic heterocycles. The van der Waals surface area contributed by atoms with Crippen LogP contribution in [0, 0.1) is 5.92 Å². The third kappa shape index (κ3) is 3.08. The summed E-state index contributed by atoms with van der Waals surface area (Å²) < 4.78 is 6.88. The van der Waals surface area contributed by atoms with E-state index < -0.39 is 0 Å². The third-order valence-corrected chi connectivity index (χ3v) is 4.38. The van der Waals surface area contributed by atoms with Gasteiger partial charge in [-0.25, -0.2) is 0 Å². The first-order valence-electron chi connectivity index (χ1n) is 5.91. The van der Waals surface area contributed by atoms with E-state index in [1.165, 1.54) is 0 Å². The van der Waals surface area contributed by atoms with Crippen molar-refractivity contribution in [3.8, 4) is 5.75 Å². The van der Waals surface area contributed by atoms with Gasteiger partial charge in [-0.1, -0.05) is 5.11 Å². The number of methoxy groups -OCH3 is 1.